The molecule has 0 saturated carbocycles. The zero-order valence-electron chi connectivity index (χ0n) is 19.3. The van der Waals surface area contributed by atoms with E-state index in [2.05, 4.69) is 5.32 Å². The van der Waals surface area contributed by atoms with E-state index in [9.17, 15) is 9.59 Å². The van der Waals surface area contributed by atoms with Gasteiger partial charge in [0, 0.05) is 24.4 Å². The second-order valence-electron chi connectivity index (χ2n) is 7.97. The van der Waals surface area contributed by atoms with Gasteiger partial charge in [0.05, 0.1) is 15.8 Å². The van der Waals surface area contributed by atoms with Gasteiger partial charge in [-0.1, -0.05) is 77.3 Å². The predicted octanol–water partition coefficient (Wildman–Crippen LogP) is 6.17. The second-order valence-corrected chi connectivity index (χ2v) is 9.84. The van der Waals surface area contributed by atoms with Crippen molar-refractivity contribution in [1.82, 2.24) is 10.2 Å². The number of halogens is 2. The molecule has 0 fully saturated rings. The zero-order valence-corrected chi connectivity index (χ0v) is 21.6. The van der Waals surface area contributed by atoms with E-state index in [1.54, 1.807) is 17.0 Å². The number of amides is 2. The number of likely N-dealkylation sites (N-methyl/N-ethyl adjacent to an activating group) is 1. The number of thioether (sulfide) groups is 1. The van der Waals surface area contributed by atoms with Gasteiger partial charge in [-0.05, 0) is 49.2 Å². The molecule has 178 valence electrons. The fourth-order valence-electron chi connectivity index (χ4n) is 3.54. The highest BCUT2D eigenvalue weighted by molar-refractivity contribution is 8.00. The Hall–Kier alpha value is -2.47. The van der Waals surface area contributed by atoms with E-state index in [-0.39, 0.29) is 24.1 Å². The van der Waals surface area contributed by atoms with Gasteiger partial charge < -0.3 is 10.2 Å². The summed E-state index contributed by atoms with van der Waals surface area (Å²) < 4.78 is 0. The van der Waals surface area contributed by atoms with Crippen molar-refractivity contribution in [3.05, 3.63) is 99.5 Å². The molecule has 0 aliphatic heterocycles. The Morgan fingerprint density at radius 2 is 1.65 bits per heavy atom. The third kappa shape index (κ3) is 7.52. The molecule has 0 unspecified atom stereocenters. The molecular formula is C27H28Cl2N2O2S. The fraction of sp³-hybridized carbons (Fsp3) is 0.259. The molecule has 0 aliphatic rings. The summed E-state index contributed by atoms with van der Waals surface area (Å²) in [5.74, 6) is -0.0846. The number of aryl methyl sites for hydroxylation is 1. The van der Waals surface area contributed by atoms with Crippen LogP contribution < -0.4 is 5.32 Å². The number of carbonyl (C=O) groups excluding carboxylic acids is 2. The smallest absolute Gasteiger partial charge is 0.243 e. The summed E-state index contributed by atoms with van der Waals surface area (Å²) in [6, 6.07) is 22.4. The summed E-state index contributed by atoms with van der Waals surface area (Å²) in [5, 5.41) is 3.76. The first kappa shape index (κ1) is 26.1. The number of carbonyl (C=O) groups is 2. The molecule has 2 amide bonds. The molecule has 4 nitrogen and oxygen atoms in total. The fourth-order valence-corrected chi connectivity index (χ4v) is 4.65. The third-order valence-electron chi connectivity index (χ3n) is 5.34. The summed E-state index contributed by atoms with van der Waals surface area (Å²) in [5.41, 5.74) is 2.96. The molecule has 0 aromatic heterocycles. The highest BCUT2D eigenvalue weighted by Crippen LogP contribution is 2.25. The van der Waals surface area contributed by atoms with E-state index < -0.39 is 6.04 Å². The molecule has 0 radical (unpaired) electrons. The van der Waals surface area contributed by atoms with Gasteiger partial charge in [-0.2, -0.15) is 0 Å². The van der Waals surface area contributed by atoms with E-state index in [4.69, 9.17) is 23.2 Å². The minimum absolute atomic E-state index is 0.121. The normalized spacial score (nSPS) is 11.6. The van der Waals surface area contributed by atoms with E-state index >= 15 is 0 Å². The van der Waals surface area contributed by atoms with Gasteiger partial charge in [0.1, 0.15) is 6.04 Å². The van der Waals surface area contributed by atoms with Gasteiger partial charge in [-0.15, -0.1) is 11.8 Å². The van der Waals surface area contributed by atoms with Crippen LogP contribution in [0.2, 0.25) is 10.0 Å². The Kier molecular flexibility index (Phi) is 9.87. The van der Waals surface area contributed by atoms with Gasteiger partial charge in [0.2, 0.25) is 11.8 Å². The van der Waals surface area contributed by atoms with E-state index in [0.717, 1.165) is 21.6 Å². The molecule has 0 saturated heterocycles. The Morgan fingerprint density at radius 3 is 2.29 bits per heavy atom. The lowest BCUT2D eigenvalue weighted by Gasteiger charge is -2.31. The lowest BCUT2D eigenvalue weighted by molar-refractivity contribution is -0.139. The molecule has 0 heterocycles. The summed E-state index contributed by atoms with van der Waals surface area (Å²) >= 11 is 13.8. The standard InChI is InChI=1S/C27H28Cl2N2O2S/c1-3-30-27(33)25(16-20-7-5-4-6-8-20)31(17-21-11-14-23(28)24(29)15-21)26(32)18-34-22-12-9-19(2)10-13-22/h4-15,25H,3,16-18H2,1-2H3,(H,30,33)/t25-/m1/s1. The van der Waals surface area contributed by atoms with Crippen molar-refractivity contribution in [2.24, 2.45) is 0 Å². The number of benzene rings is 3. The van der Waals surface area contributed by atoms with E-state index in [0.29, 0.717) is 23.0 Å². The monoisotopic (exact) mass is 514 g/mol. The predicted molar refractivity (Wildman–Crippen MR) is 142 cm³/mol. The molecule has 3 rings (SSSR count). The van der Waals surface area contributed by atoms with E-state index in [1.165, 1.54) is 11.8 Å². The summed E-state index contributed by atoms with van der Waals surface area (Å²) in [4.78, 5) is 29.4. The third-order valence-corrected chi connectivity index (χ3v) is 7.08. The topological polar surface area (TPSA) is 49.4 Å². The molecular weight excluding hydrogens is 487 g/mol. The zero-order chi connectivity index (χ0) is 24.5. The quantitative estimate of drug-likeness (QED) is 0.329. The van der Waals surface area contributed by atoms with Crippen molar-refractivity contribution in [1.29, 1.82) is 0 Å². The van der Waals surface area contributed by atoms with Crippen LogP contribution in [-0.4, -0.2) is 35.1 Å². The number of rotatable bonds is 10. The first-order valence-corrected chi connectivity index (χ1v) is 12.9. The van der Waals surface area contributed by atoms with Crippen molar-refractivity contribution in [3.63, 3.8) is 0 Å². The molecule has 0 aliphatic carbocycles. The molecule has 1 atom stereocenters. The molecule has 3 aromatic rings. The molecule has 0 spiro atoms. The maximum Gasteiger partial charge on any atom is 0.243 e. The highest BCUT2D eigenvalue weighted by atomic mass is 35.5. The summed E-state index contributed by atoms with van der Waals surface area (Å²) in [6.07, 6.45) is 0.412. The first-order valence-electron chi connectivity index (χ1n) is 11.1. The number of nitrogens with zero attached hydrogens (tertiary/aromatic N) is 1. The summed E-state index contributed by atoms with van der Waals surface area (Å²) in [6.45, 7) is 4.63. The molecule has 34 heavy (non-hydrogen) atoms. The molecule has 7 heteroatoms. The van der Waals surface area contributed by atoms with Crippen LogP contribution >= 0.6 is 35.0 Å². The average molecular weight is 516 g/mol. The van der Waals surface area contributed by atoms with Crippen LogP contribution in [0.5, 0.6) is 0 Å². The van der Waals surface area contributed by atoms with Crippen LogP contribution in [0, 0.1) is 6.92 Å². The Bertz CT molecular complexity index is 1110. The first-order chi connectivity index (χ1) is 16.4. The average Bonchev–Trinajstić information content (AvgIpc) is 2.83. The lowest BCUT2D eigenvalue weighted by atomic mass is 10.0. The largest absolute Gasteiger partial charge is 0.355 e. The Balaban J connectivity index is 1.90. The van der Waals surface area contributed by atoms with E-state index in [1.807, 2.05) is 74.5 Å². The van der Waals surface area contributed by atoms with Gasteiger partial charge in [-0.25, -0.2) is 0 Å². The van der Waals surface area contributed by atoms with Gasteiger partial charge in [-0.3, -0.25) is 9.59 Å². The van der Waals surface area contributed by atoms with Crippen molar-refractivity contribution in [3.8, 4) is 0 Å². The second kappa shape index (κ2) is 12.8. The van der Waals surface area contributed by atoms with Gasteiger partial charge in [0.25, 0.3) is 0 Å². The van der Waals surface area contributed by atoms with Crippen molar-refractivity contribution < 1.29 is 9.59 Å². The molecule has 3 aromatic carbocycles. The minimum atomic E-state index is -0.664. The Labute approximate surface area is 215 Å². The van der Waals surface area contributed by atoms with Crippen LogP contribution in [-0.2, 0) is 22.6 Å². The van der Waals surface area contributed by atoms with Crippen molar-refractivity contribution in [2.45, 2.75) is 37.8 Å². The van der Waals surface area contributed by atoms with Crippen molar-refractivity contribution >= 4 is 46.8 Å². The van der Waals surface area contributed by atoms with Crippen molar-refractivity contribution in [2.75, 3.05) is 12.3 Å². The Morgan fingerprint density at radius 1 is 0.941 bits per heavy atom. The maximum atomic E-state index is 13.5. The van der Waals surface area contributed by atoms with Gasteiger partial charge in [0.15, 0.2) is 0 Å². The van der Waals surface area contributed by atoms with Gasteiger partial charge >= 0.3 is 0 Å². The number of nitrogens with one attached hydrogen (secondary N) is 1. The van der Waals surface area contributed by atoms with Crippen LogP contribution in [0.3, 0.4) is 0 Å². The minimum Gasteiger partial charge on any atom is -0.355 e. The van der Waals surface area contributed by atoms with Crippen LogP contribution in [0.1, 0.15) is 23.6 Å². The molecule has 1 N–H and O–H groups in total. The van der Waals surface area contributed by atoms with Crippen LogP contribution in [0.25, 0.3) is 0 Å². The highest BCUT2D eigenvalue weighted by Gasteiger charge is 2.30. The lowest BCUT2D eigenvalue weighted by Crippen LogP contribution is -2.51. The number of hydrogen-bond donors (Lipinski definition) is 1. The van der Waals surface area contributed by atoms with Crippen LogP contribution in [0.4, 0.5) is 0 Å². The summed E-state index contributed by atoms with van der Waals surface area (Å²) in [7, 11) is 0. The number of hydrogen-bond acceptors (Lipinski definition) is 3. The van der Waals surface area contributed by atoms with Crippen LogP contribution in [0.15, 0.2) is 77.7 Å². The SMILES string of the molecule is CCNC(=O)[C@@H](Cc1ccccc1)N(Cc1ccc(Cl)c(Cl)c1)C(=O)CSc1ccc(C)cc1. The molecule has 0 bridgehead atoms. The maximum absolute atomic E-state index is 13.5.